The number of hydrogen-bond acceptors (Lipinski definition) is 4. The summed E-state index contributed by atoms with van der Waals surface area (Å²) >= 11 is 1.70. The molecule has 1 aliphatic rings. The molecule has 0 unspecified atom stereocenters. The van der Waals surface area contributed by atoms with Crippen LogP contribution in [-0.2, 0) is 11.3 Å². The second kappa shape index (κ2) is 9.60. The normalized spacial score (nSPS) is 17.9. The Bertz CT molecular complexity index is 420. The van der Waals surface area contributed by atoms with E-state index in [-0.39, 0.29) is 24.0 Å². The Labute approximate surface area is 147 Å². The van der Waals surface area contributed by atoms with Crippen LogP contribution in [0.25, 0.3) is 0 Å². The van der Waals surface area contributed by atoms with Gasteiger partial charge in [0.2, 0.25) is 0 Å². The molecule has 0 radical (unpaired) electrons. The number of nitrogens with zero attached hydrogens (tertiary/aromatic N) is 1. The molecule has 0 aromatic carbocycles. The molecule has 0 amide bonds. The molecule has 0 bridgehead atoms. The van der Waals surface area contributed by atoms with Crippen LogP contribution in [0.2, 0.25) is 0 Å². The average Bonchev–Trinajstić information content (AvgIpc) is 2.96. The van der Waals surface area contributed by atoms with Crippen molar-refractivity contribution >= 4 is 41.3 Å². The standard InChI is InChI=1S/C14H23N3O2S.HI/c1-2-15-13(16-10-12-4-3-9-20-12)17-11-14(18)5-7-19-8-6-14;/h3-4,9,18H,2,5-8,10-11H2,1H3,(H2,15,16,17);1H. The fourth-order valence-electron chi connectivity index (χ4n) is 2.08. The number of thiophene rings is 1. The Morgan fingerprint density at radius 1 is 1.43 bits per heavy atom. The van der Waals surface area contributed by atoms with Crippen LogP contribution in [0.15, 0.2) is 22.5 Å². The largest absolute Gasteiger partial charge is 0.388 e. The van der Waals surface area contributed by atoms with Gasteiger partial charge in [0, 0.05) is 44.0 Å². The Morgan fingerprint density at radius 3 is 2.81 bits per heavy atom. The number of aliphatic imine (C=N–C) groups is 1. The number of ether oxygens (including phenoxy) is 1. The van der Waals surface area contributed by atoms with E-state index in [1.54, 1.807) is 11.3 Å². The van der Waals surface area contributed by atoms with E-state index in [9.17, 15) is 5.11 Å². The lowest BCUT2D eigenvalue weighted by molar-refractivity contribution is -0.0594. The van der Waals surface area contributed by atoms with Gasteiger partial charge in [-0.05, 0) is 18.4 Å². The van der Waals surface area contributed by atoms with E-state index < -0.39 is 5.60 Å². The van der Waals surface area contributed by atoms with Crippen LogP contribution in [0.4, 0.5) is 0 Å². The van der Waals surface area contributed by atoms with E-state index >= 15 is 0 Å². The van der Waals surface area contributed by atoms with Crippen LogP contribution in [0.1, 0.15) is 24.6 Å². The summed E-state index contributed by atoms with van der Waals surface area (Å²) in [5.41, 5.74) is -0.683. The third-order valence-electron chi connectivity index (χ3n) is 3.33. The molecule has 2 heterocycles. The van der Waals surface area contributed by atoms with Crippen LogP contribution in [-0.4, -0.2) is 43.0 Å². The van der Waals surface area contributed by atoms with Crippen molar-refractivity contribution in [1.82, 2.24) is 10.6 Å². The van der Waals surface area contributed by atoms with Crippen molar-refractivity contribution < 1.29 is 9.84 Å². The number of guanidine groups is 1. The minimum absolute atomic E-state index is 0. The van der Waals surface area contributed by atoms with Crippen molar-refractivity contribution in [3.8, 4) is 0 Å². The fourth-order valence-corrected chi connectivity index (χ4v) is 2.71. The summed E-state index contributed by atoms with van der Waals surface area (Å²) in [5.74, 6) is 0.751. The summed E-state index contributed by atoms with van der Waals surface area (Å²) in [4.78, 5) is 5.76. The first-order valence-corrected chi connectivity index (χ1v) is 7.94. The molecule has 1 aromatic rings. The predicted octanol–water partition coefficient (Wildman–Crippen LogP) is 1.96. The summed E-state index contributed by atoms with van der Waals surface area (Å²) in [6.07, 6.45) is 1.34. The van der Waals surface area contributed by atoms with Crippen molar-refractivity contribution in [1.29, 1.82) is 0 Å². The highest BCUT2D eigenvalue weighted by Crippen LogP contribution is 2.19. The maximum atomic E-state index is 10.4. The van der Waals surface area contributed by atoms with E-state index in [4.69, 9.17) is 4.74 Å². The molecule has 0 spiro atoms. The minimum Gasteiger partial charge on any atom is -0.388 e. The number of hydrogen-bond donors (Lipinski definition) is 3. The molecule has 0 saturated carbocycles. The number of rotatable bonds is 5. The third-order valence-corrected chi connectivity index (χ3v) is 4.19. The molecule has 2 rings (SSSR count). The van der Waals surface area contributed by atoms with E-state index in [0.717, 1.165) is 12.5 Å². The van der Waals surface area contributed by atoms with Gasteiger partial charge in [0.15, 0.2) is 5.96 Å². The van der Waals surface area contributed by atoms with Crippen molar-refractivity contribution in [2.75, 3.05) is 26.3 Å². The van der Waals surface area contributed by atoms with Gasteiger partial charge in [-0.3, -0.25) is 0 Å². The molecule has 120 valence electrons. The van der Waals surface area contributed by atoms with Crippen LogP contribution >= 0.6 is 35.3 Å². The smallest absolute Gasteiger partial charge is 0.191 e. The van der Waals surface area contributed by atoms with Crippen LogP contribution in [0.3, 0.4) is 0 Å². The molecular weight excluding hydrogens is 401 g/mol. The molecule has 0 aliphatic carbocycles. The van der Waals surface area contributed by atoms with Gasteiger partial charge in [0.05, 0.1) is 12.1 Å². The zero-order valence-electron chi connectivity index (χ0n) is 12.3. The van der Waals surface area contributed by atoms with Gasteiger partial charge < -0.3 is 20.5 Å². The van der Waals surface area contributed by atoms with Gasteiger partial charge in [-0.25, -0.2) is 4.99 Å². The molecule has 1 saturated heterocycles. The first kappa shape index (κ1) is 18.7. The Balaban J connectivity index is 0.00000220. The SMILES string of the molecule is CCNC(=NCc1cccs1)NCC1(O)CCOCC1.I. The Kier molecular flexibility index (Phi) is 8.53. The molecule has 3 N–H and O–H groups in total. The van der Waals surface area contributed by atoms with Gasteiger partial charge in [-0.15, -0.1) is 35.3 Å². The summed E-state index contributed by atoms with van der Waals surface area (Å²) in [6.45, 7) is 5.26. The average molecular weight is 425 g/mol. The van der Waals surface area contributed by atoms with Gasteiger partial charge >= 0.3 is 0 Å². The molecule has 5 nitrogen and oxygen atoms in total. The van der Waals surface area contributed by atoms with E-state index in [1.165, 1.54) is 4.88 Å². The Morgan fingerprint density at radius 2 is 2.19 bits per heavy atom. The molecule has 1 aromatic heterocycles. The van der Waals surface area contributed by atoms with Crippen molar-refractivity contribution in [2.45, 2.75) is 31.9 Å². The van der Waals surface area contributed by atoms with Crippen LogP contribution < -0.4 is 10.6 Å². The van der Waals surface area contributed by atoms with Crippen molar-refractivity contribution in [3.63, 3.8) is 0 Å². The quantitative estimate of drug-likeness (QED) is 0.384. The first-order valence-electron chi connectivity index (χ1n) is 7.06. The van der Waals surface area contributed by atoms with E-state index in [0.29, 0.717) is 39.1 Å². The first-order chi connectivity index (χ1) is 9.72. The lowest BCUT2D eigenvalue weighted by Crippen LogP contribution is -2.49. The molecule has 1 aliphatic heterocycles. The van der Waals surface area contributed by atoms with E-state index in [2.05, 4.69) is 27.1 Å². The summed E-state index contributed by atoms with van der Waals surface area (Å²) in [7, 11) is 0. The summed E-state index contributed by atoms with van der Waals surface area (Å²) in [6, 6.07) is 4.10. The van der Waals surface area contributed by atoms with Crippen LogP contribution in [0, 0.1) is 0 Å². The van der Waals surface area contributed by atoms with Gasteiger partial charge in [0.25, 0.3) is 0 Å². The zero-order chi connectivity index (χ0) is 14.3. The van der Waals surface area contributed by atoms with Gasteiger partial charge in [-0.1, -0.05) is 6.07 Å². The zero-order valence-corrected chi connectivity index (χ0v) is 15.4. The van der Waals surface area contributed by atoms with Crippen molar-refractivity contribution in [3.05, 3.63) is 22.4 Å². The number of halogens is 1. The van der Waals surface area contributed by atoms with Gasteiger partial charge in [-0.2, -0.15) is 0 Å². The Hall–Kier alpha value is -0.380. The molecule has 0 atom stereocenters. The second-order valence-electron chi connectivity index (χ2n) is 4.96. The highest BCUT2D eigenvalue weighted by atomic mass is 127. The topological polar surface area (TPSA) is 65.9 Å². The summed E-state index contributed by atoms with van der Waals surface area (Å²) in [5, 5.41) is 18.9. The maximum absolute atomic E-state index is 10.4. The molecule has 7 heteroatoms. The monoisotopic (exact) mass is 425 g/mol. The fraction of sp³-hybridized carbons (Fsp3) is 0.643. The van der Waals surface area contributed by atoms with Crippen molar-refractivity contribution in [2.24, 2.45) is 4.99 Å². The maximum Gasteiger partial charge on any atom is 0.191 e. The summed E-state index contributed by atoms with van der Waals surface area (Å²) < 4.78 is 5.28. The molecule has 21 heavy (non-hydrogen) atoms. The predicted molar refractivity (Wildman–Crippen MR) is 97.6 cm³/mol. The van der Waals surface area contributed by atoms with Gasteiger partial charge in [0.1, 0.15) is 0 Å². The van der Waals surface area contributed by atoms with Crippen LogP contribution in [0.5, 0.6) is 0 Å². The number of aliphatic hydroxyl groups is 1. The highest BCUT2D eigenvalue weighted by Gasteiger charge is 2.29. The molecular formula is C14H24IN3O2S. The lowest BCUT2D eigenvalue weighted by Gasteiger charge is -2.32. The minimum atomic E-state index is -0.683. The van der Waals surface area contributed by atoms with E-state index in [1.807, 2.05) is 13.0 Å². The highest BCUT2D eigenvalue weighted by molar-refractivity contribution is 14.0. The second-order valence-corrected chi connectivity index (χ2v) is 6.00. The lowest BCUT2D eigenvalue weighted by atomic mass is 9.94. The number of nitrogens with one attached hydrogen (secondary N) is 2. The third kappa shape index (κ3) is 6.50. The molecule has 1 fully saturated rings.